The lowest BCUT2D eigenvalue weighted by atomic mass is 10.2. The smallest absolute Gasteiger partial charge is 0.230 e. The first-order chi connectivity index (χ1) is 4.93. The number of carbonyl (C=O) groups excluding carboxylic acids is 1. The van der Waals surface area contributed by atoms with Crippen molar-refractivity contribution in [3.63, 3.8) is 0 Å². The van der Waals surface area contributed by atoms with E-state index in [0.717, 1.165) is 25.9 Å². The van der Waals surface area contributed by atoms with E-state index in [0.29, 0.717) is 6.41 Å². The molecule has 1 aliphatic rings. The lowest BCUT2D eigenvalue weighted by Crippen LogP contribution is -2.28. The maximum atomic E-state index is 9.76. The van der Waals surface area contributed by atoms with E-state index in [4.69, 9.17) is 9.57 Å². The van der Waals surface area contributed by atoms with Gasteiger partial charge in [0.1, 0.15) is 0 Å². The van der Waals surface area contributed by atoms with Crippen LogP contribution in [0.15, 0.2) is 0 Å². The zero-order chi connectivity index (χ0) is 7.23. The molecule has 0 radical (unpaired) electrons. The van der Waals surface area contributed by atoms with E-state index in [2.05, 4.69) is 5.48 Å². The molecule has 4 heteroatoms. The highest BCUT2D eigenvalue weighted by Gasteiger charge is 2.13. The lowest BCUT2D eigenvalue weighted by molar-refractivity contribution is -0.195. The molecule has 0 aromatic rings. The summed E-state index contributed by atoms with van der Waals surface area (Å²) in [5.41, 5.74) is 2.11. The van der Waals surface area contributed by atoms with Crippen LogP contribution in [0.5, 0.6) is 0 Å². The third-order valence-corrected chi connectivity index (χ3v) is 1.39. The summed E-state index contributed by atoms with van der Waals surface area (Å²) in [6, 6.07) is 0. The molecule has 0 aromatic carbocycles. The van der Waals surface area contributed by atoms with Crippen LogP contribution >= 0.6 is 0 Å². The second kappa shape index (κ2) is 4.24. The Labute approximate surface area is 59.5 Å². The molecule has 4 nitrogen and oxygen atoms in total. The maximum absolute atomic E-state index is 9.76. The second-order valence-corrected chi connectivity index (χ2v) is 2.15. The first-order valence-corrected chi connectivity index (χ1v) is 3.40. The highest BCUT2D eigenvalue weighted by Crippen LogP contribution is 2.11. The average Bonchev–Trinajstić information content (AvgIpc) is 2.03. The van der Waals surface area contributed by atoms with E-state index in [1.807, 2.05) is 0 Å². The Morgan fingerprint density at radius 3 is 3.10 bits per heavy atom. The largest absolute Gasteiger partial charge is 0.350 e. The van der Waals surface area contributed by atoms with Crippen molar-refractivity contribution in [1.82, 2.24) is 5.48 Å². The SMILES string of the molecule is O=CNO[C@@H]1CCCCO1. The number of hydrogen-bond acceptors (Lipinski definition) is 3. The van der Waals surface area contributed by atoms with Gasteiger partial charge in [-0.25, -0.2) is 10.3 Å². The van der Waals surface area contributed by atoms with Crippen LogP contribution in [0, 0.1) is 0 Å². The number of hydroxylamine groups is 1. The van der Waals surface area contributed by atoms with Crippen molar-refractivity contribution in [2.24, 2.45) is 0 Å². The van der Waals surface area contributed by atoms with Crippen molar-refractivity contribution in [2.75, 3.05) is 6.61 Å². The van der Waals surface area contributed by atoms with E-state index in [-0.39, 0.29) is 6.29 Å². The summed E-state index contributed by atoms with van der Waals surface area (Å²) >= 11 is 0. The number of hydrogen-bond donors (Lipinski definition) is 1. The highest BCUT2D eigenvalue weighted by molar-refractivity contribution is 5.43. The number of ether oxygens (including phenoxy) is 1. The van der Waals surface area contributed by atoms with Crippen LogP contribution in [0.2, 0.25) is 0 Å². The van der Waals surface area contributed by atoms with E-state index in [1.165, 1.54) is 0 Å². The van der Waals surface area contributed by atoms with Crippen LogP contribution in [-0.4, -0.2) is 19.3 Å². The van der Waals surface area contributed by atoms with E-state index in [9.17, 15) is 4.79 Å². The van der Waals surface area contributed by atoms with E-state index in [1.54, 1.807) is 0 Å². The number of rotatable bonds is 3. The predicted octanol–water partition coefficient (Wildman–Crippen LogP) is 0.191. The number of carbonyl (C=O) groups is 1. The van der Waals surface area contributed by atoms with Crippen molar-refractivity contribution in [3.8, 4) is 0 Å². The minimum atomic E-state index is -0.237. The molecule has 1 heterocycles. The van der Waals surface area contributed by atoms with Crippen molar-refractivity contribution >= 4 is 6.41 Å². The topological polar surface area (TPSA) is 47.6 Å². The van der Waals surface area contributed by atoms with Gasteiger partial charge in [0.15, 0.2) is 6.29 Å². The Bertz CT molecular complexity index is 101. The molecular formula is C6H11NO3. The van der Waals surface area contributed by atoms with Gasteiger partial charge in [0.25, 0.3) is 0 Å². The lowest BCUT2D eigenvalue weighted by Gasteiger charge is -2.20. The minimum absolute atomic E-state index is 0.237. The van der Waals surface area contributed by atoms with Crippen LogP contribution in [0.4, 0.5) is 0 Å². The van der Waals surface area contributed by atoms with Crippen molar-refractivity contribution < 1.29 is 14.4 Å². The Morgan fingerprint density at radius 1 is 1.60 bits per heavy atom. The van der Waals surface area contributed by atoms with Gasteiger partial charge in [0.05, 0.1) is 0 Å². The highest BCUT2D eigenvalue weighted by atomic mass is 16.8. The van der Waals surface area contributed by atoms with Crippen molar-refractivity contribution in [1.29, 1.82) is 0 Å². The molecule has 10 heavy (non-hydrogen) atoms. The zero-order valence-electron chi connectivity index (χ0n) is 5.71. The monoisotopic (exact) mass is 145 g/mol. The summed E-state index contributed by atoms with van der Waals surface area (Å²) < 4.78 is 5.14. The summed E-state index contributed by atoms with van der Waals surface area (Å²) in [7, 11) is 0. The van der Waals surface area contributed by atoms with Gasteiger partial charge in [-0.05, 0) is 12.8 Å². The van der Waals surface area contributed by atoms with Crippen LogP contribution < -0.4 is 5.48 Å². The molecule has 0 aromatic heterocycles. The molecule has 1 rings (SSSR count). The average molecular weight is 145 g/mol. The standard InChI is InChI=1S/C6H11NO3/c8-5-7-10-6-3-1-2-4-9-6/h5-6H,1-4H2,(H,7,8)/t6-/m1/s1. The summed E-state index contributed by atoms with van der Waals surface area (Å²) in [4.78, 5) is 14.5. The van der Waals surface area contributed by atoms with Crippen LogP contribution in [-0.2, 0) is 14.4 Å². The van der Waals surface area contributed by atoms with E-state index < -0.39 is 0 Å². The van der Waals surface area contributed by atoms with Gasteiger partial charge in [0, 0.05) is 13.0 Å². The van der Waals surface area contributed by atoms with E-state index >= 15 is 0 Å². The van der Waals surface area contributed by atoms with Crippen molar-refractivity contribution in [2.45, 2.75) is 25.6 Å². The van der Waals surface area contributed by atoms with Gasteiger partial charge in [-0.15, -0.1) is 0 Å². The molecule has 1 amide bonds. The fourth-order valence-electron chi connectivity index (χ4n) is 0.908. The number of nitrogens with one attached hydrogen (secondary N) is 1. The molecule has 1 atom stereocenters. The summed E-state index contributed by atoms with van der Waals surface area (Å²) in [6.07, 6.45) is 3.31. The van der Waals surface area contributed by atoms with Gasteiger partial charge in [0.2, 0.25) is 6.41 Å². The Morgan fingerprint density at radius 2 is 2.50 bits per heavy atom. The van der Waals surface area contributed by atoms with Crippen LogP contribution in [0.3, 0.4) is 0 Å². The quantitative estimate of drug-likeness (QED) is 0.455. The first-order valence-electron chi connectivity index (χ1n) is 3.40. The summed E-state index contributed by atoms with van der Waals surface area (Å²) in [5, 5.41) is 0. The molecule has 0 saturated carbocycles. The second-order valence-electron chi connectivity index (χ2n) is 2.15. The Kier molecular flexibility index (Phi) is 3.18. The molecule has 0 unspecified atom stereocenters. The molecule has 0 bridgehead atoms. The fourth-order valence-corrected chi connectivity index (χ4v) is 0.908. The third kappa shape index (κ3) is 2.33. The van der Waals surface area contributed by atoms with Crippen molar-refractivity contribution in [3.05, 3.63) is 0 Å². The normalized spacial score (nSPS) is 25.8. The molecule has 58 valence electrons. The maximum Gasteiger partial charge on any atom is 0.230 e. The first kappa shape index (κ1) is 7.50. The predicted molar refractivity (Wildman–Crippen MR) is 33.9 cm³/mol. The molecular weight excluding hydrogens is 134 g/mol. The van der Waals surface area contributed by atoms with Gasteiger partial charge in [-0.3, -0.25) is 4.79 Å². The van der Waals surface area contributed by atoms with Gasteiger partial charge >= 0.3 is 0 Å². The Hall–Kier alpha value is -0.610. The van der Waals surface area contributed by atoms with Crippen LogP contribution in [0.1, 0.15) is 19.3 Å². The molecule has 1 fully saturated rings. The summed E-state index contributed by atoms with van der Waals surface area (Å²) in [6.45, 7) is 0.727. The van der Waals surface area contributed by atoms with Gasteiger partial charge < -0.3 is 4.74 Å². The minimum Gasteiger partial charge on any atom is -0.350 e. The molecule has 0 spiro atoms. The molecule has 1 aliphatic heterocycles. The third-order valence-electron chi connectivity index (χ3n) is 1.39. The Balaban J connectivity index is 2.07. The van der Waals surface area contributed by atoms with Crippen LogP contribution in [0.25, 0.3) is 0 Å². The fraction of sp³-hybridized carbons (Fsp3) is 0.833. The molecule has 1 N–H and O–H groups in total. The molecule has 1 saturated heterocycles. The number of amides is 1. The molecule has 0 aliphatic carbocycles. The van der Waals surface area contributed by atoms with Gasteiger partial charge in [-0.2, -0.15) is 0 Å². The van der Waals surface area contributed by atoms with Gasteiger partial charge in [-0.1, -0.05) is 0 Å². The zero-order valence-corrected chi connectivity index (χ0v) is 5.71. The summed E-state index contributed by atoms with van der Waals surface area (Å²) in [5.74, 6) is 0.